The summed E-state index contributed by atoms with van der Waals surface area (Å²) in [5, 5.41) is 10.9. The monoisotopic (exact) mass is 245 g/mol. The third-order valence-corrected chi connectivity index (χ3v) is 3.01. The van der Waals surface area contributed by atoms with Crippen molar-refractivity contribution in [2.24, 2.45) is 7.05 Å². The Labute approximate surface area is 105 Å². The molecule has 3 rings (SSSR count). The van der Waals surface area contributed by atoms with Crippen LogP contribution in [0.2, 0.25) is 0 Å². The quantitative estimate of drug-likeness (QED) is 0.837. The van der Waals surface area contributed by atoms with Crippen molar-refractivity contribution in [2.45, 2.75) is 6.04 Å². The lowest BCUT2D eigenvalue weighted by molar-refractivity contribution is 0.398. The molecule has 2 N–H and O–H groups in total. The Bertz CT molecular complexity index is 565. The van der Waals surface area contributed by atoms with Gasteiger partial charge < -0.3 is 15.4 Å². The summed E-state index contributed by atoms with van der Waals surface area (Å²) in [6.45, 7) is 0.812. The molecule has 0 saturated carbocycles. The van der Waals surface area contributed by atoms with Gasteiger partial charge in [-0.25, -0.2) is 0 Å². The second kappa shape index (κ2) is 4.21. The van der Waals surface area contributed by atoms with Crippen LogP contribution in [0.3, 0.4) is 0 Å². The van der Waals surface area contributed by atoms with E-state index in [9.17, 15) is 0 Å². The Kier molecular flexibility index (Phi) is 2.55. The molecule has 0 aliphatic carbocycles. The fourth-order valence-electron chi connectivity index (χ4n) is 2.06. The van der Waals surface area contributed by atoms with Crippen molar-refractivity contribution in [2.75, 3.05) is 24.3 Å². The van der Waals surface area contributed by atoms with Gasteiger partial charge in [0.15, 0.2) is 5.82 Å². The van der Waals surface area contributed by atoms with Crippen LogP contribution in [0, 0.1) is 0 Å². The van der Waals surface area contributed by atoms with E-state index in [1.807, 2.05) is 31.6 Å². The summed E-state index contributed by atoms with van der Waals surface area (Å²) in [6, 6.07) is 3.98. The second-order valence-corrected chi connectivity index (χ2v) is 4.27. The maximum atomic E-state index is 5.13. The van der Waals surface area contributed by atoms with E-state index in [0.717, 1.165) is 23.6 Å². The van der Waals surface area contributed by atoms with Crippen LogP contribution in [0.15, 0.2) is 24.5 Å². The molecule has 18 heavy (non-hydrogen) atoms. The smallest absolute Gasteiger partial charge is 0.215 e. The van der Waals surface area contributed by atoms with Crippen molar-refractivity contribution < 1.29 is 4.74 Å². The highest BCUT2D eigenvalue weighted by molar-refractivity contribution is 5.68. The van der Waals surface area contributed by atoms with E-state index in [-0.39, 0.29) is 6.04 Å². The zero-order chi connectivity index (χ0) is 12.5. The second-order valence-electron chi connectivity index (χ2n) is 4.27. The van der Waals surface area contributed by atoms with Crippen LogP contribution in [0.5, 0.6) is 5.88 Å². The lowest BCUT2D eigenvalue weighted by Crippen LogP contribution is -2.26. The SMILES string of the molecule is COc1ccc2c(n1)NC(c1cnn(C)c1)CN2. The van der Waals surface area contributed by atoms with Crippen LogP contribution >= 0.6 is 0 Å². The molecule has 94 valence electrons. The van der Waals surface area contributed by atoms with Crippen molar-refractivity contribution in [1.82, 2.24) is 14.8 Å². The maximum absolute atomic E-state index is 5.13. The fourth-order valence-corrected chi connectivity index (χ4v) is 2.06. The van der Waals surface area contributed by atoms with E-state index in [1.165, 1.54) is 0 Å². The first kappa shape index (κ1) is 10.9. The molecule has 6 heteroatoms. The molecule has 0 saturated heterocycles. The number of pyridine rings is 1. The van der Waals surface area contributed by atoms with Crippen molar-refractivity contribution in [1.29, 1.82) is 0 Å². The molecule has 1 aliphatic heterocycles. The van der Waals surface area contributed by atoms with Gasteiger partial charge in [0.2, 0.25) is 5.88 Å². The number of anilines is 2. The van der Waals surface area contributed by atoms with Crippen molar-refractivity contribution in [3.8, 4) is 5.88 Å². The Morgan fingerprint density at radius 1 is 1.44 bits per heavy atom. The third kappa shape index (κ3) is 1.85. The molecule has 2 aromatic rings. The van der Waals surface area contributed by atoms with E-state index in [4.69, 9.17) is 4.74 Å². The normalized spacial score (nSPS) is 17.6. The molecule has 0 radical (unpaired) electrons. The van der Waals surface area contributed by atoms with Gasteiger partial charge in [-0.2, -0.15) is 10.1 Å². The van der Waals surface area contributed by atoms with Gasteiger partial charge in [0, 0.05) is 31.4 Å². The van der Waals surface area contributed by atoms with Gasteiger partial charge in [0.1, 0.15) is 0 Å². The molecule has 3 heterocycles. The van der Waals surface area contributed by atoms with Crippen LogP contribution in [0.25, 0.3) is 0 Å². The van der Waals surface area contributed by atoms with E-state index in [1.54, 1.807) is 11.8 Å². The molecular formula is C12H15N5O. The molecule has 6 nitrogen and oxygen atoms in total. The standard InChI is InChI=1S/C12H15N5O/c1-17-7-8(5-14-17)10-6-13-9-3-4-11(18-2)16-12(9)15-10/h3-5,7,10,13H,6H2,1-2H3,(H,15,16). The molecule has 2 aromatic heterocycles. The number of aromatic nitrogens is 3. The average Bonchev–Trinajstić information content (AvgIpc) is 2.84. The third-order valence-electron chi connectivity index (χ3n) is 3.01. The van der Waals surface area contributed by atoms with Crippen LogP contribution in [-0.2, 0) is 7.05 Å². The largest absolute Gasteiger partial charge is 0.481 e. The Hall–Kier alpha value is -2.24. The Morgan fingerprint density at radius 2 is 2.33 bits per heavy atom. The lowest BCUT2D eigenvalue weighted by Gasteiger charge is -2.26. The number of aryl methyl sites for hydroxylation is 1. The van der Waals surface area contributed by atoms with Gasteiger partial charge in [-0.3, -0.25) is 4.68 Å². The Morgan fingerprint density at radius 3 is 3.06 bits per heavy atom. The first-order valence-corrected chi connectivity index (χ1v) is 5.80. The molecule has 0 spiro atoms. The number of hydrogen-bond acceptors (Lipinski definition) is 5. The van der Waals surface area contributed by atoms with Gasteiger partial charge in [0.05, 0.1) is 25.0 Å². The number of methoxy groups -OCH3 is 1. The minimum Gasteiger partial charge on any atom is -0.481 e. The van der Waals surface area contributed by atoms with Crippen LogP contribution in [-0.4, -0.2) is 28.4 Å². The minimum absolute atomic E-state index is 0.172. The minimum atomic E-state index is 0.172. The van der Waals surface area contributed by atoms with Gasteiger partial charge in [-0.1, -0.05) is 0 Å². The van der Waals surface area contributed by atoms with Crippen molar-refractivity contribution in [3.05, 3.63) is 30.1 Å². The van der Waals surface area contributed by atoms with E-state index in [2.05, 4.69) is 20.7 Å². The molecule has 0 fully saturated rings. The summed E-state index contributed by atoms with van der Waals surface area (Å²) in [5.41, 5.74) is 2.14. The zero-order valence-corrected chi connectivity index (χ0v) is 10.3. The number of rotatable bonds is 2. The lowest BCUT2D eigenvalue weighted by atomic mass is 10.1. The Balaban J connectivity index is 1.87. The maximum Gasteiger partial charge on any atom is 0.215 e. The first-order chi connectivity index (χ1) is 8.76. The number of hydrogen-bond donors (Lipinski definition) is 2. The topological polar surface area (TPSA) is 64.0 Å². The van der Waals surface area contributed by atoms with Crippen LogP contribution in [0.4, 0.5) is 11.5 Å². The van der Waals surface area contributed by atoms with Crippen molar-refractivity contribution >= 4 is 11.5 Å². The van der Waals surface area contributed by atoms with Gasteiger partial charge in [-0.05, 0) is 6.07 Å². The molecule has 0 bridgehead atoms. The average molecular weight is 245 g/mol. The summed E-state index contributed by atoms with van der Waals surface area (Å²) in [6.07, 6.45) is 3.87. The number of nitrogens with zero attached hydrogens (tertiary/aromatic N) is 3. The number of nitrogens with one attached hydrogen (secondary N) is 2. The summed E-state index contributed by atoms with van der Waals surface area (Å²) in [4.78, 5) is 4.39. The van der Waals surface area contributed by atoms with Gasteiger partial charge in [-0.15, -0.1) is 0 Å². The summed E-state index contributed by atoms with van der Waals surface area (Å²) < 4.78 is 6.93. The van der Waals surface area contributed by atoms with E-state index >= 15 is 0 Å². The predicted molar refractivity (Wildman–Crippen MR) is 68.9 cm³/mol. The number of ether oxygens (including phenoxy) is 1. The van der Waals surface area contributed by atoms with Crippen LogP contribution < -0.4 is 15.4 Å². The van der Waals surface area contributed by atoms with Gasteiger partial charge in [0.25, 0.3) is 0 Å². The highest BCUT2D eigenvalue weighted by atomic mass is 16.5. The summed E-state index contributed by atoms with van der Waals surface area (Å²) >= 11 is 0. The van der Waals surface area contributed by atoms with E-state index in [0.29, 0.717) is 5.88 Å². The summed E-state index contributed by atoms with van der Waals surface area (Å²) in [5.74, 6) is 1.42. The van der Waals surface area contributed by atoms with Crippen molar-refractivity contribution in [3.63, 3.8) is 0 Å². The highest BCUT2D eigenvalue weighted by Gasteiger charge is 2.21. The molecule has 0 amide bonds. The fraction of sp³-hybridized carbons (Fsp3) is 0.333. The van der Waals surface area contributed by atoms with Crippen LogP contribution in [0.1, 0.15) is 11.6 Å². The predicted octanol–water partition coefficient (Wildman–Crippen LogP) is 1.40. The van der Waals surface area contributed by atoms with Gasteiger partial charge >= 0.3 is 0 Å². The molecular weight excluding hydrogens is 230 g/mol. The zero-order valence-electron chi connectivity index (χ0n) is 10.3. The molecule has 1 aliphatic rings. The molecule has 0 aromatic carbocycles. The van der Waals surface area contributed by atoms with E-state index < -0.39 is 0 Å². The summed E-state index contributed by atoms with van der Waals surface area (Å²) in [7, 11) is 3.53. The first-order valence-electron chi connectivity index (χ1n) is 5.80. The number of fused-ring (bicyclic) bond motifs is 1. The molecule has 1 unspecified atom stereocenters. The highest BCUT2D eigenvalue weighted by Crippen LogP contribution is 2.31. The molecule has 1 atom stereocenters.